The maximum absolute atomic E-state index is 13.3. The maximum Gasteiger partial charge on any atom is 0.283 e. The second kappa shape index (κ2) is 7.06. The first-order valence-electron chi connectivity index (χ1n) is 7.05. The molecule has 2 aromatic carbocycles. The molecule has 0 aliphatic rings. The number of hydrazone groups is 1. The quantitative estimate of drug-likeness (QED) is 0.396. The standard InChI is InChI=1S/C16H9ClFN3O4S/c17-14-11-3-1-9(18)6-13(11)26-15(14)16(23)20-19-7-8-5-10(21(24)25)2-4-12(8)22/h1-7,22H,(H,20,23). The summed E-state index contributed by atoms with van der Waals surface area (Å²) in [4.78, 5) is 22.5. The van der Waals surface area contributed by atoms with Crippen LogP contribution in [0.5, 0.6) is 5.75 Å². The molecule has 10 heteroatoms. The van der Waals surface area contributed by atoms with Gasteiger partial charge >= 0.3 is 0 Å². The van der Waals surface area contributed by atoms with Gasteiger partial charge in [-0.3, -0.25) is 14.9 Å². The van der Waals surface area contributed by atoms with E-state index in [-0.39, 0.29) is 26.9 Å². The van der Waals surface area contributed by atoms with Crippen molar-refractivity contribution in [2.45, 2.75) is 0 Å². The van der Waals surface area contributed by atoms with Crippen LogP contribution >= 0.6 is 22.9 Å². The minimum Gasteiger partial charge on any atom is -0.507 e. The van der Waals surface area contributed by atoms with E-state index in [9.17, 15) is 24.4 Å². The molecular weight excluding hydrogens is 385 g/mol. The lowest BCUT2D eigenvalue weighted by molar-refractivity contribution is -0.384. The Bertz CT molecular complexity index is 1070. The van der Waals surface area contributed by atoms with Gasteiger partial charge in [0.2, 0.25) is 0 Å². The molecule has 7 nitrogen and oxygen atoms in total. The number of thiophene rings is 1. The second-order valence-electron chi connectivity index (χ2n) is 5.09. The molecule has 0 aliphatic heterocycles. The number of phenolic OH excluding ortho intramolecular Hbond substituents is 1. The Morgan fingerprint density at radius 1 is 1.35 bits per heavy atom. The first kappa shape index (κ1) is 17.8. The molecular formula is C16H9ClFN3O4S. The molecule has 26 heavy (non-hydrogen) atoms. The first-order valence-corrected chi connectivity index (χ1v) is 8.24. The molecule has 132 valence electrons. The minimum absolute atomic E-state index is 0.0593. The van der Waals surface area contributed by atoms with E-state index in [1.807, 2.05) is 0 Å². The summed E-state index contributed by atoms with van der Waals surface area (Å²) in [5.41, 5.74) is 2.05. The van der Waals surface area contributed by atoms with Crippen LogP contribution in [0.25, 0.3) is 10.1 Å². The fourth-order valence-corrected chi connectivity index (χ4v) is 3.59. The van der Waals surface area contributed by atoms with Gasteiger partial charge in [-0.2, -0.15) is 5.10 Å². The number of carbonyl (C=O) groups is 1. The van der Waals surface area contributed by atoms with E-state index in [1.54, 1.807) is 0 Å². The van der Waals surface area contributed by atoms with Crippen LogP contribution in [0, 0.1) is 15.9 Å². The number of nitro benzene ring substituents is 1. The van der Waals surface area contributed by atoms with Gasteiger partial charge in [0.05, 0.1) is 16.2 Å². The number of hydrogen-bond acceptors (Lipinski definition) is 6. The summed E-state index contributed by atoms with van der Waals surface area (Å²) in [6.07, 6.45) is 1.07. The second-order valence-corrected chi connectivity index (χ2v) is 6.52. The number of nitrogens with zero attached hydrogens (tertiary/aromatic N) is 2. The Balaban J connectivity index is 1.81. The molecule has 0 atom stereocenters. The minimum atomic E-state index is -0.627. The predicted octanol–water partition coefficient (Wildman–Crippen LogP) is 4.07. The van der Waals surface area contributed by atoms with Crippen molar-refractivity contribution in [3.8, 4) is 5.75 Å². The average molecular weight is 394 g/mol. The number of carbonyl (C=O) groups excluding carboxylic acids is 1. The number of benzene rings is 2. The molecule has 3 rings (SSSR count). The van der Waals surface area contributed by atoms with Gasteiger partial charge in [-0.05, 0) is 24.3 Å². The van der Waals surface area contributed by atoms with E-state index in [0.717, 1.165) is 35.8 Å². The molecule has 0 saturated carbocycles. The third-order valence-electron chi connectivity index (χ3n) is 3.39. The molecule has 0 radical (unpaired) electrons. The number of fused-ring (bicyclic) bond motifs is 1. The summed E-state index contributed by atoms with van der Waals surface area (Å²) in [5, 5.41) is 24.8. The molecule has 3 aromatic rings. The van der Waals surface area contributed by atoms with Crippen LogP contribution in [0.4, 0.5) is 10.1 Å². The van der Waals surface area contributed by atoms with E-state index >= 15 is 0 Å². The van der Waals surface area contributed by atoms with Crippen molar-refractivity contribution in [1.82, 2.24) is 5.43 Å². The largest absolute Gasteiger partial charge is 0.507 e. The van der Waals surface area contributed by atoms with Crippen LogP contribution in [0.2, 0.25) is 5.02 Å². The normalized spacial score (nSPS) is 11.2. The van der Waals surface area contributed by atoms with Gasteiger partial charge in [0.15, 0.2) is 0 Å². The number of nitro groups is 1. The summed E-state index contributed by atoms with van der Waals surface area (Å²) >= 11 is 7.15. The number of aromatic hydroxyl groups is 1. The van der Waals surface area contributed by atoms with Gasteiger partial charge < -0.3 is 5.11 Å². The molecule has 0 unspecified atom stereocenters. The highest BCUT2D eigenvalue weighted by Gasteiger charge is 2.17. The van der Waals surface area contributed by atoms with Crippen molar-refractivity contribution in [3.63, 3.8) is 0 Å². The van der Waals surface area contributed by atoms with E-state index in [0.29, 0.717) is 10.1 Å². The van der Waals surface area contributed by atoms with Crippen LogP contribution in [0.1, 0.15) is 15.2 Å². The first-order chi connectivity index (χ1) is 12.4. The summed E-state index contributed by atoms with van der Waals surface area (Å²) in [6, 6.07) is 7.39. The average Bonchev–Trinajstić information content (AvgIpc) is 2.92. The number of phenols is 1. The monoisotopic (exact) mass is 393 g/mol. The van der Waals surface area contributed by atoms with Gasteiger partial charge in [-0.15, -0.1) is 11.3 Å². The van der Waals surface area contributed by atoms with E-state index in [4.69, 9.17) is 11.6 Å². The van der Waals surface area contributed by atoms with Gasteiger partial charge in [0, 0.05) is 27.8 Å². The summed E-state index contributed by atoms with van der Waals surface area (Å²) in [5.74, 6) is -1.30. The molecule has 1 aromatic heterocycles. The van der Waals surface area contributed by atoms with Crippen molar-refractivity contribution in [2.24, 2.45) is 5.10 Å². The smallest absolute Gasteiger partial charge is 0.283 e. The SMILES string of the molecule is O=C(NN=Cc1cc([N+](=O)[O-])ccc1O)c1sc2cc(F)ccc2c1Cl. The molecule has 0 spiro atoms. The van der Waals surface area contributed by atoms with Crippen molar-refractivity contribution in [2.75, 3.05) is 0 Å². The zero-order valence-corrected chi connectivity index (χ0v) is 14.3. The summed E-state index contributed by atoms with van der Waals surface area (Å²) in [7, 11) is 0. The third kappa shape index (κ3) is 3.48. The van der Waals surface area contributed by atoms with Crippen LogP contribution in [-0.4, -0.2) is 22.2 Å². The fourth-order valence-electron chi connectivity index (χ4n) is 2.16. The summed E-state index contributed by atoms with van der Waals surface area (Å²) < 4.78 is 13.8. The van der Waals surface area contributed by atoms with Crippen molar-refractivity contribution >= 4 is 50.8 Å². The molecule has 0 aliphatic carbocycles. The number of amides is 1. The Kier molecular flexibility index (Phi) is 4.83. The van der Waals surface area contributed by atoms with E-state index in [2.05, 4.69) is 10.5 Å². The Morgan fingerprint density at radius 3 is 2.85 bits per heavy atom. The zero-order valence-electron chi connectivity index (χ0n) is 12.8. The van der Waals surface area contributed by atoms with Gasteiger partial charge in [0.25, 0.3) is 11.6 Å². The van der Waals surface area contributed by atoms with Crippen LogP contribution in [0.15, 0.2) is 41.5 Å². The van der Waals surface area contributed by atoms with E-state index < -0.39 is 16.6 Å². The number of rotatable bonds is 4. The van der Waals surface area contributed by atoms with Crippen LogP contribution in [0.3, 0.4) is 0 Å². The van der Waals surface area contributed by atoms with Gasteiger partial charge in [-0.25, -0.2) is 9.82 Å². The highest BCUT2D eigenvalue weighted by molar-refractivity contribution is 7.21. The lowest BCUT2D eigenvalue weighted by Gasteiger charge is -2.00. The number of halogens is 2. The molecule has 0 saturated heterocycles. The van der Waals surface area contributed by atoms with Crippen LogP contribution < -0.4 is 5.43 Å². The highest BCUT2D eigenvalue weighted by atomic mass is 35.5. The van der Waals surface area contributed by atoms with Crippen LogP contribution in [-0.2, 0) is 0 Å². The van der Waals surface area contributed by atoms with Gasteiger partial charge in [0.1, 0.15) is 16.4 Å². The third-order valence-corrected chi connectivity index (χ3v) is 5.05. The molecule has 0 fully saturated rings. The maximum atomic E-state index is 13.3. The molecule has 2 N–H and O–H groups in total. The Hall–Kier alpha value is -3.04. The highest BCUT2D eigenvalue weighted by Crippen LogP contribution is 2.35. The molecule has 0 bridgehead atoms. The number of hydrogen-bond donors (Lipinski definition) is 2. The summed E-state index contributed by atoms with van der Waals surface area (Å²) in [6.45, 7) is 0. The van der Waals surface area contributed by atoms with Crippen molar-refractivity contribution < 1.29 is 19.2 Å². The van der Waals surface area contributed by atoms with Crippen molar-refractivity contribution in [1.29, 1.82) is 0 Å². The Labute approximate surface area is 154 Å². The predicted molar refractivity (Wildman–Crippen MR) is 96.6 cm³/mol. The number of nitrogens with one attached hydrogen (secondary N) is 1. The number of non-ortho nitro benzene ring substituents is 1. The molecule has 1 heterocycles. The Morgan fingerprint density at radius 2 is 2.12 bits per heavy atom. The lowest BCUT2D eigenvalue weighted by atomic mass is 10.2. The lowest BCUT2D eigenvalue weighted by Crippen LogP contribution is -2.16. The fraction of sp³-hybridized carbons (Fsp3) is 0. The van der Waals surface area contributed by atoms with E-state index in [1.165, 1.54) is 18.2 Å². The topological polar surface area (TPSA) is 105 Å². The zero-order chi connectivity index (χ0) is 18.8. The molecule has 1 amide bonds. The van der Waals surface area contributed by atoms with Gasteiger partial charge in [-0.1, -0.05) is 11.6 Å². The van der Waals surface area contributed by atoms with Crippen molar-refractivity contribution in [3.05, 3.63) is 67.8 Å².